The molecule has 3 atom stereocenters. The second-order valence-corrected chi connectivity index (χ2v) is 5.80. The van der Waals surface area contributed by atoms with Gasteiger partial charge in [0.1, 0.15) is 0 Å². The zero-order valence-electron chi connectivity index (χ0n) is 9.39. The summed E-state index contributed by atoms with van der Waals surface area (Å²) in [6.45, 7) is 2.43. The fraction of sp³-hybridized carbons (Fsp3) is 1.00. The van der Waals surface area contributed by atoms with Crippen molar-refractivity contribution < 1.29 is 9.84 Å². The van der Waals surface area contributed by atoms with E-state index < -0.39 is 0 Å². The fourth-order valence-electron chi connectivity index (χ4n) is 2.35. The molecule has 15 heavy (non-hydrogen) atoms. The summed E-state index contributed by atoms with van der Waals surface area (Å²) in [7, 11) is 2.18. The molecule has 0 radical (unpaired) electrons. The first kappa shape index (κ1) is 11.7. The van der Waals surface area contributed by atoms with Crippen molar-refractivity contribution in [2.24, 2.45) is 5.92 Å². The van der Waals surface area contributed by atoms with Gasteiger partial charge in [-0.25, -0.2) is 0 Å². The van der Waals surface area contributed by atoms with Crippen molar-refractivity contribution >= 4 is 11.8 Å². The van der Waals surface area contributed by atoms with Crippen LogP contribution in [0.25, 0.3) is 0 Å². The predicted octanol–water partition coefficient (Wildman–Crippen LogP) is 0.821. The molecule has 0 aromatic carbocycles. The molecule has 0 saturated carbocycles. The number of hydrogen-bond acceptors (Lipinski definition) is 4. The summed E-state index contributed by atoms with van der Waals surface area (Å²) in [4.78, 5) is 2.41. The highest BCUT2D eigenvalue weighted by Crippen LogP contribution is 2.23. The summed E-state index contributed by atoms with van der Waals surface area (Å²) in [6.07, 6.45) is 1.94. The molecule has 2 aliphatic heterocycles. The zero-order valence-corrected chi connectivity index (χ0v) is 10.2. The van der Waals surface area contributed by atoms with Gasteiger partial charge in [0.05, 0.1) is 12.7 Å². The largest absolute Gasteiger partial charge is 0.393 e. The first-order valence-corrected chi connectivity index (χ1v) is 6.96. The van der Waals surface area contributed by atoms with Gasteiger partial charge >= 0.3 is 0 Å². The lowest BCUT2D eigenvalue weighted by Gasteiger charge is -2.33. The summed E-state index contributed by atoms with van der Waals surface area (Å²) < 4.78 is 5.42. The van der Waals surface area contributed by atoms with Crippen LogP contribution in [-0.2, 0) is 4.74 Å². The van der Waals surface area contributed by atoms with E-state index in [2.05, 4.69) is 11.9 Å². The molecule has 0 aromatic rings. The first-order valence-electron chi connectivity index (χ1n) is 5.81. The molecule has 2 rings (SSSR count). The minimum Gasteiger partial charge on any atom is -0.393 e. The highest BCUT2D eigenvalue weighted by atomic mass is 32.2. The van der Waals surface area contributed by atoms with Crippen LogP contribution in [0.3, 0.4) is 0 Å². The number of aliphatic hydroxyl groups excluding tert-OH is 1. The summed E-state index contributed by atoms with van der Waals surface area (Å²) in [5.41, 5.74) is 0. The van der Waals surface area contributed by atoms with Crippen LogP contribution in [-0.4, -0.2) is 60.5 Å². The quantitative estimate of drug-likeness (QED) is 0.779. The lowest BCUT2D eigenvalue weighted by Crippen LogP contribution is -2.43. The van der Waals surface area contributed by atoms with Gasteiger partial charge in [-0.15, -0.1) is 0 Å². The summed E-state index contributed by atoms with van der Waals surface area (Å²) in [6, 6.07) is 0.712. The monoisotopic (exact) mass is 231 g/mol. The Morgan fingerprint density at radius 3 is 3.00 bits per heavy atom. The SMILES string of the molecule is CN(CC1COCCC1O)C1CCSC1. The molecule has 0 amide bonds. The van der Waals surface area contributed by atoms with Crippen molar-refractivity contribution in [3.8, 4) is 0 Å². The maximum atomic E-state index is 9.85. The predicted molar refractivity (Wildman–Crippen MR) is 63.3 cm³/mol. The molecule has 1 N–H and O–H groups in total. The Labute approximate surface area is 96.2 Å². The van der Waals surface area contributed by atoms with Crippen LogP contribution in [0.4, 0.5) is 0 Å². The van der Waals surface area contributed by atoms with E-state index >= 15 is 0 Å². The van der Waals surface area contributed by atoms with E-state index in [1.165, 1.54) is 17.9 Å². The molecule has 2 aliphatic rings. The summed E-state index contributed by atoms with van der Waals surface area (Å²) >= 11 is 2.04. The normalized spacial score (nSPS) is 37.4. The molecule has 4 heteroatoms. The number of hydrogen-bond donors (Lipinski definition) is 1. The second kappa shape index (κ2) is 5.53. The number of thioether (sulfide) groups is 1. The van der Waals surface area contributed by atoms with Crippen LogP contribution in [0.1, 0.15) is 12.8 Å². The van der Waals surface area contributed by atoms with E-state index in [4.69, 9.17) is 4.74 Å². The van der Waals surface area contributed by atoms with Gasteiger partial charge in [0.15, 0.2) is 0 Å². The molecule has 2 fully saturated rings. The van der Waals surface area contributed by atoms with Crippen LogP contribution in [0.2, 0.25) is 0 Å². The highest BCUT2D eigenvalue weighted by Gasteiger charge is 2.28. The van der Waals surface area contributed by atoms with Crippen LogP contribution >= 0.6 is 11.8 Å². The molecule has 0 bridgehead atoms. The van der Waals surface area contributed by atoms with Gasteiger partial charge in [0, 0.05) is 30.9 Å². The molecule has 0 aromatic heterocycles. The maximum Gasteiger partial charge on any atom is 0.0624 e. The molecule has 88 valence electrons. The van der Waals surface area contributed by atoms with E-state index in [-0.39, 0.29) is 6.10 Å². The standard InChI is InChI=1S/C11H21NO2S/c1-12(10-3-5-15-8-10)6-9-7-14-4-2-11(9)13/h9-11,13H,2-8H2,1H3. The molecule has 0 aliphatic carbocycles. The molecular weight excluding hydrogens is 210 g/mol. The van der Waals surface area contributed by atoms with Crippen molar-refractivity contribution in [3.63, 3.8) is 0 Å². The van der Waals surface area contributed by atoms with E-state index in [0.717, 1.165) is 26.2 Å². The van der Waals surface area contributed by atoms with E-state index in [1.54, 1.807) is 0 Å². The number of rotatable bonds is 3. The van der Waals surface area contributed by atoms with Gasteiger partial charge in [0.25, 0.3) is 0 Å². The number of nitrogens with zero attached hydrogens (tertiary/aromatic N) is 1. The Hall–Kier alpha value is 0.230. The smallest absolute Gasteiger partial charge is 0.0624 e. The van der Waals surface area contributed by atoms with Gasteiger partial charge in [-0.2, -0.15) is 11.8 Å². The average molecular weight is 231 g/mol. The number of aliphatic hydroxyl groups is 1. The Morgan fingerprint density at radius 2 is 2.33 bits per heavy atom. The lowest BCUT2D eigenvalue weighted by molar-refractivity contribution is -0.0469. The van der Waals surface area contributed by atoms with Crippen molar-refractivity contribution in [1.82, 2.24) is 4.90 Å². The maximum absolute atomic E-state index is 9.85. The molecule has 0 spiro atoms. The van der Waals surface area contributed by atoms with Gasteiger partial charge in [-0.05, 0) is 25.6 Å². The highest BCUT2D eigenvalue weighted by molar-refractivity contribution is 7.99. The van der Waals surface area contributed by atoms with Crippen LogP contribution in [0.15, 0.2) is 0 Å². The summed E-state index contributed by atoms with van der Waals surface area (Å²) in [5, 5.41) is 9.85. The Morgan fingerprint density at radius 1 is 1.47 bits per heavy atom. The Kier molecular flexibility index (Phi) is 4.31. The lowest BCUT2D eigenvalue weighted by atomic mass is 9.97. The molecular formula is C11H21NO2S. The zero-order chi connectivity index (χ0) is 10.7. The topological polar surface area (TPSA) is 32.7 Å². The first-order chi connectivity index (χ1) is 7.27. The van der Waals surface area contributed by atoms with Gasteiger partial charge in [0.2, 0.25) is 0 Å². The second-order valence-electron chi connectivity index (χ2n) is 4.65. The third kappa shape index (κ3) is 3.09. The third-order valence-corrected chi connectivity index (χ3v) is 4.63. The molecule has 2 saturated heterocycles. The number of ether oxygens (including phenoxy) is 1. The molecule has 2 heterocycles. The van der Waals surface area contributed by atoms with Crippen LogP contribution in [0.5, 0.6) is 0 Å². The van der Waals surface area contributed by atoms with Crippen LogP contribution < -0.4 is 0 Å². The van der Waals surface area contributed by atoms with Gasteiger partial charge in [-0.3, -0.25) is 0 Å². The molecule has 3 unspecified atom stereocenters. The van der Waals surface area contributed by atoms with Crippen molar-refractivity contribution in [2.45, 2.75) is 25.0 Å². The Balaban J connectivity index is 1.78. The minimum absolute atomic E-state index is 0.157. The minimum atomic E-state index is -0.157. The molecule has 3 nitrogen and oxygen atoms in total. The Bertz CT molecular complexity index is 197. The van der Waals surface area contributed by atoms with Gasteiger partial charge in [-0.1, -0.05) is 0 Å². The van der Waals surface area contributed by atoms with E-state index in [9.17, 15) is 5.11 Å². The van der Waals surface area contributed by atoms with Crippen molar-refractivity contribution in [3.05, 3.63) is 0 Å². The van der Waals surface area contributed by atoms with Crippen molar-refractivity contribution in [2.75, 3.05) is 38.3 Å². The van der Waals surface area contributed by atoms with Gasteiger partial charge < -0.3 is 14.7 Å². The van der Waals surface area contributed by atoms with E-state index in [1.807, 2.05) is 11.8 Å². The van der Waals surface area contributed by atoms with Crippen LogP contribution in [0, 0.1) is 5.92 Å². The fourth-order valence-corrected chi connectivity index (χ4v) is 3.65. The van der Waals surface area contributed by atoms with E-state index in [0.29, 0.717) is 12.0 Å². The summed E-state index contributed by atoms with van der Waals surface area (Å²) in [5.74, 6) is 2.85. The van der Waals surface area contributed by atoms with Crippen molar-refractivity contribution in [1.29, 1.82) is 0 Å². The average Bonchev–Trinajstić information content (AvgIpc) is 2.74. The third-order valence-electron chi connectivity index (χ3n) is 3.49.